The SMILES string of the molecule is CC1CNC(CC#N)CN(C2CC2)C1. The van der Waals surface area contributed by atoms with Gasteiger partial charge >= 0.3 is 0 Å². The molecule has 1 N–H and O–H groups in total. The molecular formula is C11H19N3. The van der Waals surface area contributed by atoms with Gasteiger partial charge in [-0.15, -0.1) is 0 Å². The van der Waals surface area contributed by atoms with Crippen molar-refractivity contribution in [1.29, 1.82) is 5.26 Å². The smallest absolute Gasteiger partial charge is 0.0638 e. The van der Waals surface area contributed by atoms with Gasteiger partial charge in [-0.3, -0.25) is 4.90 Å². The highest BCUT2D eigenvalue weighted by molar-refractivity contribution is 4.92. The first-order chi connectivity index (χ1) is 6.79. The lowest BCUT2D eigenvalue weighted by Crippen LogP contribution is -2.38. The molecule has 0 radical (unpaired) electrons. The molecule has 0 amide bonds. The second-order valence-electron chi connectivity index (χ2n) is 4.76. The Hall–Kier alpha value is -0.590. The standard InChI is InChI=1S/C11H19N3/c1-9-6-13-10(4-5-12)8-14(7-9)11-2-3-11/h9-11,13H,2-4,6-8H2,1H3. The molecule has 2 rings (SSSR count). The van der Waals surface area contributed by atoms with E-state index in [-0.39, 0.29) is 0 Å². The summed E-state index contributed by atoms with van der Waals surface area (Å²) in [6, 6.07) is 3.50. The summed E-state index contributed by atoms with van der Waals surface area (Å²) in [5, 5.41) is 12.2. The maximum atomic E-state index is 8.71. The number of hydrogen-bond acceptors (Lipinski definition) is 3. The highest BCUT2D eigenvalue weighted by Gasteiger charge is 2.32. The van der Waals surface area contributed by atoms with Gasteiger partial charge in [0, 0.05) is 25.2 Å². The van der Waals surface area contributed by atoms with Gasteiger partial charge in [-0.1, -0.05) is 6.92 Å². The van der Waals surface area contributed by atoms with Crippen LogP contribution >= 0.6 is 0 Å². The third kappa shape index (κ3) is 2.46. The summed E-state index contributed by atoms with van der Waals surface area (Å²) in [7, 11) is 0. The molecule has 1 aliphatic carbocycles. The fourth-order valence-corrected chi connectivity index (χ4v) is 2.24. The molecule has 2 fully saturated rings. The fourth-order valence-electron chi connectivity index (χ4n) is 2.24. The molecule has 1 saturated heterocycles. The molecule has 0 bridgehead atoms. The third-order valence-corrected chi connectivity index (χ3v) is 3.16. The Morgan fingerprint density at radius 1 is 1.43 bits per heavy atom. The molecule has 3 heteroatoms. The van der Waals surface area contributed by atoms with Crippen LogP contribution in [0.15, 0.2) is 0 Å². The quantitative estimate of drug-likeness (QED) is 0.710. The number of rotatable bonds is 2. The second-order valence-corrected chi connectivity index (χ2v) is 4.76. The van der Waals surface area contributed by atoms with Gasteiger partial charge in [-0.25, -0.2) is 0 Å². The lowest BCUT2D eigenvalue weighted by molar-refractivity contribution is 0.239. The van der Waals surface area contributed by atoms with Crippen LogP contribution < -0.4 is 5.32 Å². The van der Waals surface area contributed by atoms with E-state index in [0.717, 1.165) is 25.0 Å². The van der Waals surface area contributed by atoms with Gasteiger partial charge in [0.05, 0.1) is 12.5 Å². The Balaban J connectivity index is 1.92. The van der Waals surface area contributed by atoms with Crippen molar-refractivity contribution < 1.29 is 0 Å². The Morgan fingerprint density at radius 2 is 2.21 bits per heavy atom. The fraction of sp³-hybridized carbons (Fsp3) is 0.909. The van der Waals surface area contributed by atoms with Crippen molar-refractivity contribution in [2.45, 2.75) is 38.3 Å². The molecule has 2 aliphatic rings. The number of nitriles is 1. The largest absolute Gasteiger partial charge is 0.311 e. The van der Waals surface area contributed by atoms with Crippen LogP contribution in [-0.2, 0) is 0 Å². The van der Waals surface area contributed by atoms with Crippen LogP contribution in [0.2, 0.25) is 0 Å². The van der Waals surface area contributed by atoms with E-state index in [4.69, 9.17) is 5.26 Å². The van der Waals surface area contributed by atoms with Crippen molar-refractivity contribution in [3.05, 3.63) is 0 Å². The van der Waals surface area contributed by atoms with Crippen LogP contribution in [0.25, 0.3) is 0 Å². The minimum absolute atomic E-state index is 0.394. The second kappa shape index (κ2) is 4.29. The van der Waals surface area contributed by atoms with Crippen molar-refractivity contribution in [3.8, 4) is 6.07 Å². The van der Waals surface area contributed by atoms with Gasteiger partial charge < -0.3 is 5.32 Å². The number of nitrogens with zero attached hydrogens (tertiary/aromatic N) is 2. The summed E-state index contributed by atoms with van der Waals surface area (Å²) in [6.07, 6.45) is 3.38. The van der Waals surface area contributed by atoms with E-state index >= 15 is 0 Å². The van der Waals surface area contributed by atoms with Crippen molar-refractivity contribution in [2.24, 2.45) is 5.92 Å². The molecule has 0 aromatic heterocycles. The lowest BCUT2D eigenvalue weighted by Gasteiger charge is -2.23. The average molecular weight is 193 g/mol. The molecule has 0 aromatic carbocycles. The molecule has 3 nitrogen and oxygen atoms in total. The van der Waals surface area contributed by atoms with Crippen molar-refractivity contribution >= 4 is 0 Å². The van der Waals surface area contributed by atoms with E-state index in [2.05, 4.69) is 23.2 Å². The number of hydrogen-bond donors (Lipinski definition) is 1. The predicted octanol–water partition coefficient (Wildman–Crippen LogP) is 0.972. The minimum atomic E-state index is 0.394. The van der Waals surface area contributed by atoms with Crippen LogP contribution in [0, 0.1) is 17.2 Å². The maximum absolute atomic E-state index is 8.71. The summed E-state index contributed by atoms with van der Waals surface area (Å²) < 4.78 is 0. The molecule has 1 aliphatic heterocycles. The van der Waals surface area contributed by atoms with Gasteiger partial charge in [-0.2, -0.15) is 5.26 Å². The van der Waals surface area contributed by atoms with Crippen molar-refractivity contribution in [3.63, 3.8) is 0 Å². The van der Waals surface area contributed by atoms with Crippen LogP contribution in [0.5, 0.6) is 0 Å². The zero-order valence-electron chi connectivity index (χ0n) is 8.87. The first-order valence-corrected chi connectivity index (χ1v) is 5.64. The molecule has 1 saturated carbocycles. The van der Waals surface area contributed by atoms with E-state index < -0.39 is 0 Å². The average Bonchev–Trinajstić information content (AvgIpc) is 2.94. The first-order valence-electron chi connectivity index (χ1n) is 5.64. The molecule has 0 aromatic rings. The van der Waals surface area contributed by atoms with Gasteiger partial charge in [0.15, 0.2) is 0 Å². The van der Waals surface area contributed by atoms with Gasteiger partial charge in [-0.05, 0) is 25.3 Å². The van der Waals surface area contributed by atoms with Crippen LogP contribution in [0.4, 0.5) is 0 Å². The van der Waals surface area contributed by atoms with Crippen LogP contribution in [0.3, 0.4) is 0 Å². The zero-order chi connectivity index (χ0) is 9.97. The third-order valence-electron chi connectivity index (χ3n) is 3.16. The Morgan fingerprint density at radius 3 is 2.86 bits per heavy atom. The van der Waals surface area contributed by atoms with E-state index in [1.54, 1.807) is 0 Å². The van der Waals surface area contributed by atoms with E-state index in [0.29, 0.717) is 12.5 Å². The van der Waals surface area contributed by atoms with E-state index in [1.807, 2.05) is 0 Å². The topological polar surface area (TPSA) is 39.1 Å². The summed E-state index contributed by atoms with van der Waals surface area (Å²) in [6.45, 7) is 5.63. The van der Waals surface area contributed by atoms with Gasteiger partial charge in [0.25, 0.3) is 0 Å². The molecule has 78 valence electrons. The molecule has 2 unspecified atom stereocenters. The molecule has 2 atom stereocenters. The van der Waals surface area contributed by atoms with Crippen molar-refractivity contribution in [1.82, 2.24) is 10.2 Å². The Bertz CT molecular complexity index is 229. The molecule has 0 spiro atoms. The zero-order valence-corrected chi connectivity index (χ0v) is 8.87. The van der Waals surface area contributed by atoms with Crippen LogP contribution in [-0.4, -0.2) is 36.6 Å². The van der Waals surface area contributed by atoms with Crippen molar-refractivity contribution in [2.75, 3.05) is 19.6 Å². The monoisotopic (exact) mass is 193 g/mol. The molecular weight excluding hydrogens is 174 g/mol. The van der Waals surface area contributed by atoms with Gasteiger partial charge in [0.1, 0.15) is 0 Å². The summed E-state index contributed by atoms with van der Waals surface area (Å²) in [5.41, 5.74) is 0. The maximum Gasteiger partial charge on any atom is 0.0638 e. The summed E-state index contributed by atoms with van der Waals surface area (Å²) in [4.78, 5) is 2.58. The summed E-state index contributed by atoms with van der Waals surface area (Å²) in [5.74, 6) is 0.722. The lowest BCUT2D eigenvalue weighted by atomic mass is 10.2. The highest BCUT2D eigenvalue weighted by atomic mass is 15.2. The van der Waals surface area contributed by atoms with E-state index in [9.17, 15) is 0 Å². The summed E-state index contributed by atoms with van der Waals surface area (Å²) >= 11 is 0. The van der Waals surface area contributed by atoms with Gasteiger partial charge in [0.2, 0.25) is 0 Å². The minimum Gasteiger partial charge on any atom is -0.311 e. The first kappa shape index (κ1) is 9.95. The molecule has 1 heterocycles. The normalized spacial score (nSPS) is 34.9. The highest BCUT2D eigenvalue weighted by Crippen LogP contribution is 2.28. The molecule has 14 heavy (non-hydrogen) atoms. The number of nitrogens with one attached hydrogen (secondary N) is 1. The Labute approximate surface area is 86.1 Å². The van der Waals surface area contributed by atoms with E-state index in [1.165, 1.54) is 19.4 Å². The Kier molecular flexibility index (Phi) is 3.05. The predicted molar refractivity (Wildman–Crippen MR) is 55.8 cm³/mol. The van der Waals surface area contributed by atoms with Crippen LogP contribution in [0.1, 0.15) is 26.2 Å².